The zero-order valence-corrected chi connectivity index (χ0v) is 13.1. The minimum atomic E-state index is -0.268. The molecule has 1 aromatic rings. The van der Waals surface area contributed by atoms with Crippen LogP contribution >= 0.6 is 0 Å². The van der Waals surface area contributed by atoms with Crippen LogP contribution in [0, 0.1) is 13.8 Å². The Bertz CT molecular complexity index is 429. The maximum atomic E-state index is 9.17. The van der Waals surface area contributed by atoms with E-state index in [2.05, 4.69) is 10.3 Å². The number of aryl methyl sites for hydroxylation is 1. The molecule has 1 heterocycles. The fraction of sp³-hybridized carbons (Fsp3) is 0.667. The van der Waals surface area contributed by atoms with Crippen molar-refractivity contribution in [2.45, 2.75) is 39.3 Å². The van der Waals surface area contributed by atoms with Gasteiger partial charge in [0, 0.05) is 43.1 Å². The maximum absolute atomic E-state index is 9.17. The van der Waals surface area contributed by atoms with E-state index in [4.69, 9.17) is 14.6 Å². The molecule has 1 atom stereocenters. The Kier molecular flexibility index (Phi) is 6.39. The maximum Gasteiger partial charge on any atom is 0.128 e. The van der Waals surface area contributed by atoms with Crippen LogP contribution in [0.1, 0.15) is 30.2 Å². The number of methoxy groups -OCH3 is 2. The summed E-state index contributed by atoms with van der Waals surface area (Å²) < 4.78 is 10.6. The van der Waals surface area contributed by atoms with Crippen LogP contribution in [-0.2, 0) is 11.3 Å². The summed E-state index contributed by atoms with van der Waals surface area (Å²) in [5.74, 6) is 0.882. The van der Waals surface area contributed by atoms with Crippen molar-refractivity contribution in [2.75, 3.05) is 27.4 Å². The van der Waals surface area contributed by atoms with Gasteiger partial charge in [-0.15, -0.1) is 0 Å². The number of nitrogens with zero attached hydrogens (tertiary/aromatic N) is 1. The van der Waals surface area contributed by atoms with Crippen LogP contribution in [0.3, 0.4) is 0 Å². The number of ether oxygens (including phenoxy) is 2. The topological polar surface area (TPSA) is 63.6 Å². The third-order valence-electron chi connectivity index (χ3n) is 3.56. The Labute approximate surface area is 121 Å². The van der Waals surface area contributed by atoms with Crippen LogP contribution in [-0.4, -0.2) is 43.1 Å². The van der Waals surface area contributed by atoms with Gasteiger partial charge in [0.2, 0.25) is 0 Å². The molecule has 2 N–H and O–H groups in total. The highest BCUT2D eigenvalue weighted by Crippen LogP contribution is 2.24. The first-order valence-corrected chi connectivity index (χ1v) is 6.81. The Morgan fingerprint density at radius 1 is 1.35 bits per heavy atom. The molecule has 20 heavy (non-hydrogen) atoms. The van der Waals surface area contributed by atoms with Crippen LogP contribution in [0.5, 0.6) is 5.75 Å². The van der Waals surface area contributed by atoms with E-state index in [1.807, 2.05) is 27.0 Å². The third kappa shape index (κ3) is 4.16. The van der Waals surface area contributed by atoms with Gasteiger partial charge in [-0.05, 0) is 27.2 Å². The largest absolute Gasteiger partial charge is 0.496 e. The molecule has 0 bridgehead atoms. The lowest BCUT2D eigenvalue weighted by Crippen LogP contribution is -2.46. The fourth-order valence-electron chi connectivity index (χ4n) is 2.32. The SMILES string of the molecule is COCC(C)(CCO)NCc1ncc(C)c(OC)c1C. The summed E-state index contributed by atoms with van der Waals surface area (Å²) >= 11 is 0. The quantitative estimate of drug-likeness (QED) is 0.758. The first-order chi connectivity index (χ1) is 9.47. The molecule has 0 amide bonds. The van der Waals surface area contributed by atoms with Crippen LogP contribution in [0.15, 0.2) is 6.20 Å². The molecule has 0 fully saturated rings. The lowest BCUT2D eigenvalue weighted by Gasteiger charge is -2.30. The zero-order valence-electron chi connectivity index (χ0n) is 13.1. The lowest BCUT2D eigenvalue weighted by atomic mass is 9.99. The van der Waals surface area contributed by atoms with E-state index < -0.39 is 0 Å². The molecule has 1 aromatic heterocycles. The van der Waals surface area contributed by atoms with Crippen molar-refractivity contribution in [1.29, 1.82) is 0 Å². The fourth-order valence-corrected chi connectivity index (χ4v) is 2.32. The number of aromatic nitrogens is 1. The van der Waals surface area contributed by atoms with Gasteiger partial charge >= 0.3 is 0 Å². The van der Waals surface area contributed by atoms with Gasteiger partial charge in [0.15, 0.2) is 0 Å². The molecule has 0 aromatic carbocycles. The molecule has 0 radical (unpaired) electrons. The molecule has 5 nitrogen and oxygen atoms in total. The van der Waals surface area contributed by atoms with Gasteiger partial charge in [-0.25, -0.2) is 0 Å². The second-order valence-corrected chi connectivity index (χ2v) is 5.37. The predicted molar refractivity (Wildman–Crippen MR) is 79.1 cm³/mol. The molecule has 0 saturated heterocycles. The van der Waals surface area contributed by atoms with Gasteiger partial charge in [-0.1, -0.05) is 0 Å². The summed E-state index contributed by atoms with van der Waals surface area (Å²) in [6, 6.07) is 0. The van der Waals surface area contributed by atoms with Crippen LogP contribution < -0.4 is 10.1 Å². The van der Waals surface area contributed by atoms with Crippen molar-refractivity contribution < 1.29 is 14.6 Å². The van der Waals surface area contributed by atoms with E-state index in [0.29, 0.717) is 19.6 Å². The van der Waals surface area contributed by atoms with Gasteiger partial charge in [0.1, 0.15) is 5.75 Å². The molecular weight excluding hydrogens is 256 g/mol. The number of aliphatic hydroxyl groups is 1. The van der Waals surface area contributed by atoms with Crippen LogP contribution in [0.2, 0.25) is 0 Å². The Morgan fingerprint density at radius 3 is 2.60 bits per heavy atom. The summed E-state index contributed by atoms with van der Waals surface area (Å²) in [4.78, 5) is 4.46. The number of hydrogen-bond acceptors (Lipinski definition) is 5. The first kappa shape index (κ1) is 16.9. The molecule has 1 rings (SSSR count). The zero-order chi connectivity index (χ0) is 15.2. The van der Waals surface area contributed by atoms with Crippen molar-refractivity contribution in [3.8, 4) is 5.75 Å². The van der Waals surface area contributed by atoms with Crippen molar-refractivity contribution in [3.63, 3.8) is 0 Å². The highest BCUT2D eigenvalue weighted by Gasteiger charge is 2.23. The van der Waals surface area contributed by atoms with Crippen molar-refractivity contribution in [1.82, 2.24) is 10.3 Å². The number of aliphatic hydroxyl groups excluding tert-OH is 1. The normalized spacial score (nSPS) is 14.1. The molecule has 0 aliphatic carbocycles. The molecule has 1 unspecified atom stereocenters. The minimum Gasteiger partial charge on any atom is -0.496 e. The first-order valence-electron chi connectivity index (χ1n) is 6.81. The Balaban J connectivity index is 2.83. The summed E-state index contributed by atoms with van der Waals surface area (Å²) in [5, 5.41) is 12.6. The third-order valence-corrected chi connectivity index (χ3v) is 3.56. The van der Waals surface area contributed by atoms with Gasteiger partial charge in [-0.3, -0.25) is 4.98 Å². The monoisotopic (exact) mass is 282 g/mol. The summed E-state index contributed by atoms with van der Waals surface area (Å²) in [6.07, 6.45) is 2.45. The number of hydrogen-bond donors (Lipinski definition) is 2. The molecule has 0 saturated carbocycles. The average molecular weight is 282 g/mol. The number of pyridine rings is 1. The molecule has 5 heteroatoms. The number of nitrogens with one attached hydrogen (secondary N) is 1. The van der Waals surface area contributed by atoms with E-state index in [1.165, 1.54) is 0 Å². The van der Waals surface area contributed by atoms with Crippen molar-refractivity contribution in [3.05, 3.63) is 23.0 Å². The van der Waals surface area contributed by atoms with E-state index in [0.717, 1.165) is 22.6 Å². The van der Waals surface area contributed by atoms with Gasteiger partial charge in [0.25, 0.3) is 0 Å². The number of rotatable bonds is 8. The lowest BCUT2D eigenvalue weighted by molar-refractivity contribution is 0.0967. The van der Waals surface area contributed by atoms with Gasteiger partial charge in [0.05, 0.1) is 19.4 Å². The van der Waals surface area contributed by atoms with Gasteiger partial charge < -0.3 is 19.9 Å². The molecule has 0 aliphatic heterocycles. The summed E-state index contributed by atoms with van der Waals surface area (Å²) in [7, 11) is 3.34. The Morgan fingerprint density at radius 2 is 2.05 bits per heavy atom. The van der Waals surface area contributed by atoms with E-state index >= 15 is 0 Å². The average Bonchev–Trinajstić information content (AvgIpc) is 2.39. The highest BCUT2D eigenvalue weighted by atomic mass is 16.5. The smallest absolute Gasteiger partial charge is 0.128 e. The molecule has 0 spiro atoms. The predicted octanol–water partition coefficient (Wildman–Crippen LogP) is 1.58. The highest BCUT2D eigenvalue weighted by molar-refractivity contribution is 5.41. The van der Waals surface area contributed by atoms with Crippen molar-refractivity contribution in [2.24, 2.45) is 0 Å². The van der Waals surface area contributed by atoms with Crippen LogP contribution in [0.4, 0.5) is 0 Å². The van der Waals surface area contributed by atoms with Crippen LogP contribution in [0.25, 0.3) is 0 Å². The summed E-state index contributed by atoms with van der Waals surface area (Å²) in [5.41, 5.74) is 2.76. The Hall–Kier alpha value is -1.17. The van der Waals surface area contributed by atoms with Crippen molar-refractivity contribution >= 4 is 0 Å². The molecular formula is C15H26N2O3. The summed E-state index contributed by atoms with van der Waals surface area (Å²) in [6.45, 7) is 7.30. The van der Waals surface area contributed by atoms with E-state index in [-0.39, 0.29) is 12.1 Å². The second kappa shape index (κ2) is 7.57. The molecule has 114 valence electrons. The minimum absolute atomic E-state index is 0.122. The second-order valence-electron chi connectivity index (χ2n) is 5.37. The van der Waals surface area contributed by atoms with E-state index in [1.54, 1.807) is 14.2 Å². The standard InChI is InChI=1S/C15H26N2O3/c1-11-8-16-13(12(2)14(11)20-5)9-17-15(3,6-7-18)10-19-4/h8,17-18H,6-7,9-10H2,1-5H3. The van der Waals surface area contributed by atoms with E-state index in [9.17, 15) is 0 Å². The molecule has 0 aliphatic rings. The van der Waals surface area contributed by atoms with Gasteiger partial charge in [-0.2, -0.15) is 0 Å².